The number of anilines is 1. The van der Waals surface area contributed by atoms with Gasteiger partial charge in [-0.25, -0.2) is 13.1 Å². The van der Waals surface area contributed by atoms with Crippen molar-refractivity contribution in [2.75, 3.05) is 17.6 Å². The van der Waals surface area contributed by atoms with E-state index in [1.54, 1.807) is 24.3 Å². The van der Waals surface area contributed by atoms with Gasteiger partial charge in [-0.2, -0.15) is 0 Å². The van der Waals surface area contributed by atoms with Crippen LogP contribution in [0.3, 0.4) is 0 Å². The topological polar surface area (TPSA) is 75.3 Å². The lowest BCUT2D eigenvalue weighted by Gasteiger charge is -2.02. The molecule has 0 aliphatic heterocycles. The standard InChI is InChI=1S/C15H20N2O3S/c1-3-4-12-21(19,20)16-11-5-6-14-7-9-15(10-8-14)17-13(2)18/h7-10,16H,3-4,11-12H2,1-2H3,(H,17,18). The Morgan fingerprint density at radius 1 is 1.24 bits per heavy atom. The third-order valence-corrected chi connectivity index (χ3v) is 4.00. The van der Waals surface area contributed by atoms with Gasteiger partial charge in [0.2, 0.25) is 15.9 Å². The van der Waals surface area contributed by atoms with Crippen molar-refractivity contribution in [1.82, 2.24) is 4.72 Å². The molecule has 2 N–H and O–H groups in total. The number of rotatable bonds is 6. The quantitative estimate of drug-likeness (QED) is 0.786. The first-order valence-corrected chi connectivity index (χ1v) is 8.42. The number of unbranched alkanes of at least 4 members (excludes halogenated alkanes) is 1. The number of amides is 1. The van der Waals surface area contributed by atoms with Crippen LogP contribution in [-0.4, -0.2) is 26.6 Å². The summed E-state index contributed by atoms with van der Waals surface area (Å²) in [5, 5.41) is 2.66. The normalized spacial score (nSPS) is 10.6. The van der Waals surface area contributed by atoms with Crippen LogP contribution in [0.15, 0.2) is 24.3 Å². The summed E-state index contributed by atoms with van der Waals surface area (Å²) in [4.78, 5) is 10.9. The van der Waals surface area contributed by atoms with Crippen molar-refractivity contribution in [3.8, 4) is 11.8 Å². The summed E-state index contributed by atoms with van der Waals surface area (Å²) >= 11 is 0. The van der Waals surface area contributed by atoms with Gasteiger partial charge < -0.3 is 5.32 Å². The van der Waals surface area contributed by atoms with Gasteiger partial charge in [-0.05, 0) is 30.7 Å². The van der Waals surface area contributed by atoms with E-state index >= 15 is 0 Å². The lowest BCUT2D eigenvalue weighted by atomic mass is 10.2. The van der Waals surface area contributed by atoms with Crippen LogP contribution in [0.2, 0.25) is 0 Å². The molecule has 21 heavy (non-hydrogen) atoms. The molecule has 0 bridgehead atoms. The zero-order valence-corrected chi connectivity index (χ0v) is 13.1. The molecule has 0 fully saturated rings. The largest absolute Gasteiger partial charge is 0.326 e. The van der Waals surface area contributed by atoms with Gasteiger partial charge in [-0.1, -0.05) is 25.2 Å². The molecule has 114 valence electrons. The first-order chi connectivity index (χ1) is 9.93. The highest BCUT2D eigenvalue weighted by Crippen LogP contribution is 2.08. The Morgan fingerprint density at radius 2 is 1.90 bits per heavy atom. The van der Waals surface area contributed by atoms with Gasteiger partial charge >= 0.3 is 0 Å². The van der Waals surface area contributed by atoms with Crippen molar-refractivity contribution in [3.63, 3.8) is 0 Å². The summed E-state index contributed by atoms with van der Waals surface area (Å²) in [6.45, 7) is 3.48. The van der Waals surface area contributed by atoms with E-state index in [0.29, 0.717) is 12.1 Å². The number of sulfonamides is 1. The van der Waals surface area contributed by atoms with Crippen molar-refractivity contribution in [2.24, 2.45) is 0 Å². The number of carbonyl (C=O) groups is 1. The molecule has 0 unspecified atom stereocenters. The number of hydrogen-bond acceptors (Lipinski definition) is 3. The van der Waals surface area contributed by atoms with Crippen LogP contribution < -0.4 is 10.0 Å². The number of benzene rings is 1. The summed E-state index contributed by atoms with van der Waals surface area (Å²) < 4.78 is 25.5. The average molecular weight is 308 g/mol. The smallest absolute Gasteiger partial charge is 0.221 e. The Bertz CT molecular complexity index is 625. The van der Waals surface area contributed by atoms with Crippen molar-refractivity contribution in [3.05, 3.63) is 29.8 Å². The van der Waals surface area contributed by atoms with Crippen LogP contribution in [0, 0.1) is 11.8 Å². The SMILES string of the molecule is CCCCS(=O)(=O)NCC#Cc1ccc(NC(C)=O)cc1. The molecule has 0 saturated heterocycles. The lowest BCUT2D eigenvalue weighted by molar-refractivity contribution is -0.114. The fraction of sp³-hybridized carbons (Fsp3) is 0.400. The van der Waals surface area contributed by atoms with Crippen molar-refractivity contribution in [1.29, 1.82) is 0 Å². The molecule has 1 amide bonds. The van der Waals surface area contributed by atoms with Crippen LogP contribution in [0.1, 0.15) is 32.3 Å². The van der Waals surface area contributed by atoms with Gasteiger partial charge in [0.25, 0.3) is 0 Å². The summed E-state index contributed by atoms with van der Waals surface area (Å²) in [6, 6.07) is 7.03. The summed E-state index contributed by atoms with van der Waals surface area (Å²) in [7, 11) is -3.22. The molecular formula is C15H20N2O3S. The van der Waals surface area contributed by atoms with Crippen LogP contribution >= 0.6 is 0 Å². The summed E-state index contributed by atoms with van der Waals surface area (Å²) in [6.07, 6.45) is 1.49. The van der Waals surface area contributed by atoms with E-state index < -0.39 is 10.0 Å². The Kier molecular flexibility index (Phi) is 6.92. The van der Waals surface area contributed by atoms with E-state index in [-0.39, 0.29) is 18.2 Å². The molecule has 0 saturated carbocycles. The second kappa shape index (κ2) is 8.45. The second-order valence-electron chi connectivity index (χ2n) is 4.55. The molecule has 5 nitrogen and oxygen atoms in total. The first-order valence-electron chi connectivity index (χ1n) is 6.77. The van der Waals surface area contributed by atoms with Crippen LogP contribution in [0.25, 0.3) is 0 Å². The average Bonchev–Trinajstić information content (AvgIpc) is 2.43. The molecule has 1 aromatic rings. The second-order valence-corrected chi connectivity index (χ2v) is 6.48. The van der Waals surface area contributed by atoms with E-state index in [2.05, 4.69) is 21.9 Å². The molecule has 1 rings (SSSR count). The molecule has 1 aromatic carbocycles. The maximum Gasteiger partial charge on any atom is 0.221 e. The molecule has 0 atom stereocenters. The highest BCUT2D eigenvalue weighted by atomic mass is 32.2. The molecule has 0 spiro atoms. The minimum atomic E-state index is -3.22. The first kappa shape index (κ1) is 17.2. The van der Waals surface area contributed by atoms with E-state index in [0.717, 1.165) is 12.0 Å². The highest BCUT2D eigenvalue weighted by molar-refractivity contribution is 7.89. The monoisotopic (exact) mass is 308 g/mol. The van der Waals surface area contributed by atoms with E-state index in [1.807, 2.05) is 6.92 Å². The third kappa shape index (κ3) is 7.49. The minimum Gasteiger partial charge on any atom is -0.326 e. The maximum atomic E-state index is 11.5. The Hall–Kier alpha value is -1.84. The van der Waals surface area contributed by atoms with E-state index in [4.69, 9.17) is 0 Å². The third-order valence-electron chi connectivity index (χ3n) is 2.59. The highest BCUT2D eigenvalue weighted by Gasteiger charge is 2.06. The van der Waals surface area contributed by atoms with Gasteiger partial charge in [0, 0.05) is 18.2 Å². The fourth-order valence-corrected chi connectivity index (χ4v) is 2.64. The molecular weight excluding hydrogens is 288 g/mol. The van der Waals surface area contributed by atoms with E-state index in [1.165, 1.54) is 6.92 Å². The van der Waals surface area contributed by atoms with Gasteiger partial charge in [-0.3, -0.25) is 4.79 Å². The number of carbonyl (C=O) groups excluding carboxylic acids is 1. The molecule has 0 heterocycles. The minimum absolute atomic E-state index is 0.0967. The zero-order valence-electron chi connectivity index (χ0n) is 12.3. The molecule has 0 aliphatic rings. The van der Waals surface area contributed by atoms with Gasteiger partial charge in [0.15, 0.2) is 0 Å². The van der Waals surface area contributed by atoms with Crippen molar-refractivity contribution in [2.45, 2.75) is 26.7 Å². The lowest BCUT2D eigenvalue weighted by Crippen LogP contribution is -2.26. The molecule has 0 aromatic heterocycles. The molecule has 0 aliphatic carbocycles. The van der Waals surface area contributed by atoms with Crippen molar-refractivity contribution < 1.29 is 13.2 Å². The van der Waals surface area contributed by atoms with Crippen LogP contribution in [0.4, 0.5) is 5.69 Å². The number of hydrogen-bond donors (Lipinski definition) is 2. The number of nitrogens with one attached hydrogen (secondary N) is 2. The predicted molar refractivity (Wildman–Crippen MR) is 84.3 cm³/mol. The Morgan fingerprint density at radius 3 is 2.48 bits per heavy atom. The van der Waals surface area contributed by atoms with E-state index in [9.17, 15) is 13.2 Å². The predicted octanol–water partition coefficient (Wildman–Crippen LogP) is 1.72. The maximum absolute atomic E-state index is 11.5. The summed E-state index contributed by atoms with van der Waals surface area (Å²) in [5.74, 6) is 5.64. The van der Waals surface area contributed by atoms with Crippen LogP contribution in [0.5, 0.6) is 0 Å². The Balaban J connectivity index is 2.50. The summed E-state index contributed by atoms with van der Waals surface area (Å²) in [5.41, 5.74) is 1.46. The fourth-order valence-electron chi connectivity index (χ4n) is 1.54. The van der Waals surface area contributed by atoms with Gasteiger partial charge in [0.1, 0.15) is 0 Å². The van der Waals surface area contributed by atoms with Gasteiger partial charge in [0.05, 0.1) is 12.3 Å². The molecule has 6 heteroatoms. The Labute approximate surface area is 126 Å². The van der Waals surface area contributed by atoms with Crippen LogP contribution in [-0.2, 0) is 14.8 Å². The van der Waals surface area contributed by atoms with Crippen molar-refractivity contribution >= 4 is 21.6 Å². The zero-order chi connectivity index (χ0) is 15.7. The van der Waals surface area contributed by atoms with Gasteiger partial charge in [-0.15, -0.1) is 0 Å². The molecule has 0 radical (unpaired) electrons.